The molecule has 1 aromatic carbocycles. The van der Waals surface area contributed by atoms with Gasteiger partial charge in [-0.15, -0.1) is 0 Å². The van der Waals surface area contributed by atoms with Crippen LogP contribution in [0.25, 0.3) is 6.08 Å². The van der Waals surface area contributed by atoms with Crippen molar-refractivity contribution in [3.05, 3.63) is 45.6 Å². The molecule has 0 aromatic heterocycles. The van der Waals surface area contributed by atoms with Crippen molar-refractivity contribution in [3.63, 3.8) is 0 Å². The van der Waals surface area contributed by atoms with E-state index in [4.69, 9.17) is 0 Å². The van der Waals surface area contributed by atoms with Crippen molar-refractivity contribution in [1.29, 1.82) is 0 Å². The van der Waals surface area contributed by atoms with E-state index in [2.05, 4.69) is 5.16 Å². The van der Waals surface area contributed by atoms with Gasteiger partial charge in [-0.05, 0) is 17.7 Å². The van der Waals surface area contributed by atoms with Gasteiger partial charge in [0.05, 0.1) is 18.0 Å². The maximum atomic E-state index is 10.6. The van der Waals surface area contributed by atoms with Crippen LogP contribution in [-0.2, 0) is 0 Å². The standard InChI is InChI=1S/C14H15N3O3/c18-15-14-11-5-7-16(8-6-11)13(14)9-10-1-3-12(4-2-10)17(19)20/h1-4,9,11,18H,5-8H2/p+1. The Hall–Kier alpha value is -2.21. The zero-order chi connectivity index (χ0) is 14.1. The highest BCUT2D eigenvalue weighted by Crippen LogP contribution is 2.23. The molecular formula is C14H16N3O3+. The van der Waals surface area contributed by atoms with E-state index in [1.165, 1.54) is 17.0 Å². The van der Waals surface area contributed by atoms with E-state index in [0.717, 1.165) is 42.9 Å². The van der Waals surface area contributed by atoms with Crippen molar-refractivity contribution in [2.24, 2.45) is 11.1 Å². The second kappa shape index (κ2) is 5.05. The number of oxime groups is 1. The van der Waals surface area contributed by atoms with Crippen LogP contribution >= 0.6 is 0 Å². The molecule has 3 fully saturated rings. The minimum Gasteiger partial charge on any atom is -0.410 e. The third kappa shape index (κ3) is 2.18. The molecule has 0 spiro atoms. The van der Waals surface area contributed by atoms with E-state index < -0.39 is 4.92 Å². The van der Waals surface area contributed by atoms with Crippen LogP contribution in [0.4, 0.5) is 5.69 Å². The van der Waals surface area contributed by atoms with E-state index in [0.29, 0.717) is 5.92 Å². The summed E-state index contributed by atoms with van der Waals surface area (Å²) in [7, 11) is 0. The molecule has 3 aliphatic rings. The highest BCUT2D eigenvalue weighted by molar-refractivity contribution is 6.03. The number of hydrogen-bond acceptors (Lipinski definition) is 4. The van der Waals surface area contributed by atoms with Gasteiger partial charge in [0.15, 0.2) is 5.70 Å². The number of allylic oxidation sites excluding steroid dienone is 1. The van der Waals surface area contributed by atoms with Gasteiger partial charge in [0, 0.05) is 37.0 Å². The predicted molar refractivity (Wildman–Crippen MR) is 73.7 cm³/mol. The summed E-state index contributed by atoms with van der Waals surface area (Å²) in [5.74, 6) is 0.349. The monoisotopic (exact) mass is 274 g/mol. The van der Waals surface area contributed by atoms with Crippen molar-refractivity contribution in [2.75, 3.05) is 13.1 Å². The molecule has 20 heavy (non-hydrogen) atoms. The number of quaternary nitrogens is 1. The molecule has 3 aliphatic heterocycles. The Bertz CT molecular complexity index is 584. The van der Waals surface area contributed by atoms with Gasteiger partial charge in [-0.1, -0.05) is 5.16 Å². The van der Waals surface area contributed by atoms with E-state index in [1.807, 2.05) is 6.08 Å². The third-order valence-corrected chi connectivity index (χ3v) is 4.16. The molecule has 6 nitrogen and oxygen atoms in total. The molecule has 2 N–H and O–H groups in total. The van der Waals surface area contributed by atoms with Crippen LogP contribution in [0.5, 0.6) is 0 Å². The van der Waals surface area contributed by atoms with Crippen molar-refractivity contribution < 1.29 is 15.0 Å². The van der Waals surface area contributed by atoms with Gasteiger partial charge in [-0.25, -0.2) is 0 Å². The number of fused-ring (bicyclic) bond motifs is 3. The number of hydrogen-bond donors (Lipinski definition) is 2. The van der Waals surface area contributed by atoms with Gasteiger partial charge >= 0.3 is 0 Å². The van der Waals surface area contributed by atoms with Crippen LogP contribution in [0.2, 0.25) is 0 Å². The Morgan fingerprint density at radius 3 is 2.50 bits per heavy atom. The summed E-state index contributed by atoms with van der Waals surface area (Å²) in [5.41, 5.74) is 2.77. The molecular weight excluding hydrogens is 258 g/mol. The minimum absolute atomic E-state index is 0.0843. The molecule has 6 heteroatoms. The molecule has 0 radical (unpaired) electrons. The number of nitrogens with one attached hydrogen (secondary N) is 1. The molecule has 3 saturated heterocycles. The van der Waals surface area contributed by atoms with Gasteiger partial charge in [-0.2, -0.15) is 0 Å². The second-order valence-corrected chi connectivity index (χ2v) is 5.27. The van der Waals surface area contributed by atoms with Gasteiger partial charge in [0.2, 0.25) is 0 Å². The fraction of sp³-hybridized carbons (Fsp3) is 0.357. The van der Waals surface area contributed by atoms with Gasteiger partial charge in [0.25, 0.3) is 5.69 Å². The zero-order valence-corrected chi connectivity index (χ0v) is 11.0. The number of rotatable bonds is 2. The Morgan fingerprint density at radius 2 is 1.95 bits per heavy atom. The lowest BCUT2D eigenvalue weighted by Gasteiger charge is -2.37. The molecule has 3 heterocycles. The first kappa shape index (κ1) is 12.8. The smallest absolute Gasteiger partial charge is 0.269 e. The van der Waals surface area contributed by atoms with Crippen molar-refractivity contribution >= 4 is 17.5 Å². The first-order valence-corrected chi connectivity index (χ1v) is 6.72. The predicted octanol–water partition coefficient (Wildman–Crippen LogP) is 1.07. The Balaban J connectivity index is 1.92. The summed E-state index contributed by atoms with van der Waals surface area (Å²) in [6.07, 6.45) is 4.10. The maximum absolute atomic E-state index is 10.6. The average molecular weight is 274 g/mol. The average Bonchev–Trinajstić information content (AvgIpc) is 2.49. The minimum atomic E-state index is -0.408. The number of piperidine rings is 3. The first-order valence-electron chi connectivity index (χ1n) is 6.72. The van der Waals surface area contributed by atoms with Crippen LogP contribution in [0, 0.1) is 16.0 Å². The Labute approximate surface area is 116 Å². The molecule has 0 saturated carbocycles. The number of non-ortho nitro benzene ring substituents is 1. The molecule has 0 atom stereocenters. The lowest BCUT2D eigenvalue weighted by Crippen LogP contribution is -3.14. The second-order valence-electron chi connectivity index (χ2n) is 5.27. The number of nitrogens with zero attached hydrogens (tertiary/aromatic N) is 2. The summed E-state index contributed by atoms with van der Waals surface area (Å²) in [6, 6.07) is 6.44. The van der Waals surface area contributed by atoms with E-state index in [-0.39, 0.29) is 5.69 Å². The van der Waals surface area contributed by atoms with Gasteiger partial charge in [0.1, 0.15) is 5.71 Å². The van der Waals surface area contributed by atoms with E-state index in [9.17, 15) is 15.3 Å². The van der Waals surface area contributed by atoms with E-state index in [1.54, 1.807) is 12.1 Å². The normalized spacial score (nSPS) is 29.0. The SMILES string of the molecule is O=[N+]([O-])c1ccc(C=C2C(=NO)C3CC[NH+]2CC3)cc1. The zero-order valence-electron chi connectivity index (χ0n) is 11.0. The van der Waals surface area contributed by atoms with Crippen LogP contribution in [0.3, 0.4) is 0 Å². The summed E-state index contributed by atoms with van der Waals surface area (Å²) in [4.78, 5) is 11.6. The van der Waals surface area contributed by atoms with Crippen LogP contribution in [0.15, 0.2) is 35.1 Å². The highest BCUT2D eigenvalue weighted by Gasteiger charge is 2.39. The number of benzene rings is 1. The molecule has 4 rings (SSSR count). The number of nitro benzene ring substituents is 1. The molecule has 1 aromatic rings. The first-order chi connectivity index (χ1) is 9.69. The van der Waals surface area contributed by atoms with Gasteiger partial charge in [-0.3, -0.25) is 10.1 Å². The summed E-state index contributed by atoms with van der Waals surface area (Å²) in [6.45, 7) is 2.12. The summed E-state index contributed by atoms with van der Waals surface area (Å²) < 4.78 is 0. The van der Waals surface area contributed by atoms with Crippen LogP contribution in [-0.4, -0.2) is 28.9 Å². The summed E-state index contributed by atoms with van der Waals surface area (Å²) >= 11 is 0. The fourth-order valence-corrected chi connectivity index (χ4v) is 3.08. The summed E-state index contributed by atoms with van der Waals surface area (Å²) in [5, 5.41) is 23.3. The Morgan fingerprint density at radius 1 is 1.30 bits per heavy atom. The topological polar surface area (TPSA) is 80.2 Å². The molecule has 0 aliphatic carbocycles. The van der Waals surface area contributed by atoms with Gasteiger partial charge < -0.3 is 10.1 Å². The van der Waals surface area contributed by atoms with Crippen molar-refractivity contribution in [2.45, 2.75) is 12.8 Å². The third-order valence-electron chi connectivity index (χ3n) is 4.16. The lowest BCUT2D eigenvalue weighted by molar-refractivity contribution is -0.865. The molecule has 2 bridgehead atoms. The largest absolute Gasteiger partial charge is 0.410 e. The lowest BCUT2D eigenvalue weighted by atomic mass is 9.83. The highest BCUT2D eigenvalue weighted by atomic mass is 16.6. The number of nitro groups is 1. The Kier molecular flexibility index (Phi) is 3.23. The van der Waals surface area contributed by atoms with E-state index >= 15 is 0 Å². The van der Waals surface area contributed by atoms with Crippen LogP contribution < -0.4 is 4.90 Å². The van der Waals surface area contributed by atoms with Crippen molar-refractivity contribution in [3.8, 4) is 0 Å². The fourth-order valence-electron chi connectivity index (χ4n) is 3.08. The maximum Gasteiger partial charge on any atom is 0.269 e. The molecule has 0 amide bonds. The quantitative estimate of drug-likeness (QED) is 0.481. The van der Waals surface area contributed by atoms with Crippen LogP contribution in [0.1, 0.15) is 18.4 Å². The molecule has 0 unspecified atom stereocenters. The van der Waals surface area contributed by atoms with Crippen molar-refractivity contribution in [1.82, 2.24) is 0 Å². The molecule has 104 valence electrons.